The van der Waals surface area contributed by atoms with Crippen LogP contribution in [0.25, 0.3) is 20.9 Å². The lowest BCUT2D eigenvalue weighted by Gasteiger charge is -1.97. The average Bonchev–Trinajstić information content (AvgIpc) is 2.72. The number of thiophene rings is 1. The van der Waals surface area contributed by atoms with Crippen LogP contribution in [0.4, 0.5) is 0 Å². The van der Waals surface area contributed by atoms with Gasteiger partial charge >= 0.3 is 0 Å². The van der Waals surface area contributed by atoms with Gasteiger partial charge in [0.15, 0.2) is 6.29 Å². The molecule has 0 bridgehead atoms. The van der Waals surface area contributed by atoms with Crippen molar-refractivity contribution in [3.8, 4) is 0 Å². The van der Waals surface area contributed by atoms with Crippen LogP contribution in [-0.4, -0.2) is 6.29 Å². The van der Waals surface area contributed by atoms with E-state index in [2.05, 4.69) is 24.3 Å². The molecule has 0 aliphatic carbocycles. The van der Waals surface area contributed by atoms with Crippen LogP contribution in [0.15, 0.2) is 42.5 Å². The van der Waals surface area contributed by atoms with Gasteiger partial charge < -0.3 is 0 Å². The number of hydrogen-bond acceptors (Lipinski definition) is 2. The van der Waals surface area contributed by atoms with Crippen LogP contribution >= 0.6 is 11.3 Å². The van der Waals surface area contributed by atoms with E-state index in [9.17, 15) is 4.79 Å². The summed E-state index contributed by atoms with van der Waals surface area (Å²) in [5.41, 5.74) is 0. The molecule has 3 aromatic rings. The summed E-state index contributed by atoms with van der Waals surface area (Å²) in [6, 6.07) is 14.4. The van der Waals surface area contributed by atoms with Crippen molar-refractivity contribution in [1.29, 1.82) is 0 Å². The highest BCUT2D eigenvalue weighted by Crippen LogP contribution is 2.31. The van der Waals surface area contributed by atoms with E-state index in [1.54, 1.807) is 11.3 Å². The molecule has 0 radical (unpaired) electrons. The minimum atomic E-state index is 0.793. The first-order chi connectivity index (χ1) is 7.38. The van der Waals surface area contributed by atoms with Gasteiger partial charge in [-0.3, -0.25) is 4.79 Å². The van der Waals surface area contributed by atoms with Gasteiger partial charge in [0.2, 0.25) is 0 Å². The first kappa shape index (κ1) is 8.62. The minimum Gasteiger partial charge on any atom is -0.297 e. The molecule has 0 aliphatic rings. The second-order valence-corrected chi connectivity index (χ2v) is 4.58. The summed E-state index contributed by atoms with van der Waals surface area (Å²) >= 11 is 1.54. The van der Waals surface area contributed by atoms with Crippen molar-refractivity contribution in [1.82, 2.24) is 0 Å². The average molecular weight is 212 g/mol. The van der Waals surface area contributed by atoms with Crippen molar-refractivity contribution >= 4 is 38.5 Å². The number of hydrogen-bond donors (Lipinski definition) is 0. The second kappa shape index (κ2) is 3.17. The minimum absolute atomic E-state index is 0.793. The van der Waals surface area contributed by atoms with Gasteiger partial charge in [0.25, 0.3) is 0 Å². The highest BCUT2D eigenvalue weighted by atomic mass is 32.1. The Bertz CT molecular complexity index is 652. The van der Waals surface area contributed by atoms with E-state index in [1.807, 2.05) is 18.2 Å². The van der Waals surface area contributed by atoms with Gasteiger partial charge in [0.05, 0.1) is 4.88 Å². The van der Waals surface area contributed by atoms with Crippen molar-refractivity contribution in [3.63, 3.8) is 0 Å². The fraction of sp³-hybridized carbons (Fsp3) is 0. The van der Waals surface area contributed by atoms with E-state index < -0.39 is 0 Å². The predicted octanol–water partition coefficient (Wildman–Crippen LogP) is 3.87. The van der Waals surface area contributed by atoms with E-state index in [0.29, 0.717) is 0 Å². The molecule has 0 N–H and O–H groups in total. The van der Waals surface area contributed by atoms with Crippen LogP contribution in [0, 0.1) is 0 Å². The van der Waals surface area contributed by atoms with Gasteiger partial charge in [0, 0.05) is 10.1 Å². The zero-order valence-electron chi connectivity index (χ0n) is 7.94. The molecule has 0 aliphatic heterocycles. The van der Waals surface area contributed by atoms with Gasteiger partial charge in [0.1, 0.15) is 0 Å². The number of carbonyl (C=O) groups excluding carboxylic acids is 1. The quantitative estimate of drug-likeness (QED) is 0.560. The van der Waals surface area contributed by atoms with Crippen LogP contribution in [0.3, 0.4) is 0 Å². The third-order valence-corrected chi connectivity index (χ3v) is 3.59. The zero-order valence-corrected chi connectivity index (χ0v) is 8.75. The SMILES string of the molecule is O=Cc1cc2c(ccc3ccccc32)s1. The lowest BCUT2D eigenvalue weighted by molar-refractivity contribution is 0.112. The molecule has 2 heteroatoms. The topological polar surface area (TPSA) is 17.1 Å². The molecule has 3 rings (SSSR count). The molecular formula is C13H8OS. The Morgan fingerprint density at radius 3 is 2.73 bits per heavy atom. The standard InChI is InChI=1S/C13H8OS/c14-8-10-7-12-11-4-2-1-3-9(11)5-6-13(12)15-10/h1-8H. The Hall–Kier alpha value is -1.67. The number of fused-ring (bicyclic) bond motifs is 3. The maximum atomic E-state index is 10.7. The Morgan fingerprint density at radius 2 is 1.87 bits per heavy atom. The molecule has 1 aromatic heterocycles. The van der Waals surface area contributed by atoms with E-state index >= 15 is 0 Å². The molecule has 0 atom stereocenters. The van der Waals surface area contributed by atoms with Crippen LogP contribution < -0.4 is 0 Å². The molecule has 0 saturated heterocycles. The Balaban J connectivity index is 2.52. The number of benzene rings is 2. The van der Waals surface area contributed by atoms with E-state index in [4.69, 9.17) is 0 Å². The lowest BCUT2D eigenvalue weighted by Crippen LogP contribution is -1.71. The van der Waals surface area contributed by atoms with Crippen molar-refractivity contribution in [3.05, 3.63) is 47.3 Å². The lowest BCUT2D eigenvalue weighted by atomic mass is 10.1. The Labute approximate surface area is 91.0 Å². The molecule has 0 fully saturated rings. The van der Waals surface area contributed by atoms with Crippen molar-refractivity contribution in [2.75, 3.05) is 0 Å². The van der Waals surface area contributed by atoms with E-state index in [0.717, 1.165) is 11.2 Å². The fourth-order valence-electron chi connectivity index (χ4n) is 1.87. The molecule has 1 heterocycles. The first-order valence-corrected chi connectivity index (χ1v) is 5.56. The van der Waals surface area contributed by atoms with Crippen LogP contribution in [0.2, 0.25) is 0 Å². The van der Waals surface area contributed by atoms with Crippen LogP contribution in [0.1, 0.15) is 9.67 Å². The van der Waals surface area contributed by atoms with Crippen molar-refractivity contribution in [2.24, 2.45) is 0 Å². The highest BCUT2D eigenvalue weighted by molar-refractivity contribution is 7.20. The van der Waals surface area contributed by atoms with Gasteiger partial charge in [-0.25, -0.2) is 0 Å². The largest absolute Gasteiger partial charge is 0.297 e. The Kier molecular flexibility index (Phi) is 1.82. The van der Waals surface area contributed by atoms with Gasteiger partial charge in [-0.15, -0.1) is 11.3 Å². The Morgan fingerprint density at radius 1 is 1.00 bits per heavy atom. The molecule has 0 saturated carbocycles. The summed E-state index contributed by atoms with van der Waals surface area (Å²) in [4.78, 5) is 11.5. The van der Waals surface area contributed by atoms with Crippen molar-refractivity contribution in [2.45, 2.75) is 0 Å². The second-order valence-electron chi connectivity index (χ2n) is 3.47. The fourth-order valence-corrected chi connectivity index (χ4v) is 2.76. The predicted molar refractivity (Wildman–Crippen MR) is 64.7 cm³/mol. The molecule has 2 aromatic carbocycles. The van der Waals surface area contributed by atoms with Crippen LogP contribution in [0.5, 0.6) is 0 Å². The normalized spacial score (nSPS) is 10.9. The molecule has 15 heavy (non-hydrogen) atoms. The van der Waals surface area contributed by atoms with Crippen LogP contribution in [-0.2, 0) is 0 Å². The summed E-state index contributed by atoms with van der Waals surface area (Å²) in [6.07, 6.45) is 0.916. The van der Waals surface area contributed by atoms with Gasteiger partial charge in [-0.1, -0.05) is 30.3 Å². The molecule has 0 unspecified atom stereocenters. The molecule has 1 nitrogen and oxygen atoms in total. The highest BCUT2D eigenvalue weighted by Gasteiger charge is 2.04. The number of rotatable bonds is 1. The summed E-state index contributed by atoms with van der Waals surface area (Å²) in [5.74, 6) is 0. The first-order valence-electron chi connectivity index (χ1n) is 4.75. The summed E-state index contributed by atoms with van der Waals surface area (Å²) in [5, 5.41) is 3.62. The van der Waals surface area contributed by atoms with E-state index in [-0.39, 0.29) is 0 Å². The smallest absolute Gasteiger partial charge is 0.160 e. The van der Waals surface area contributed by atoms with E-state index in [1.165, 1.54) is 20.9 Å². The maximum absolute atomic E-state index is 10.7. The maximum Gasteiger partial charge on any atom is 0.160 e. The number of carbonyl (C=O) groups is 1. The summed E-state index contributed by atoms with van der Waals surface area (Å²) in [6.45, 7) is 0. The zero-order chi connectivity index (χ0) is 10.3. The molecule has 72 valence electrons. The molecule has 0 spiro atoms. The van der Waals surface area contributed by atoms with Gasteiger partial charge in [-0.05, 0) is 22.9 Å². The monoisotopic (exact) mass is 212 g/mol. The summed E-state index contributed by atoms with van der Waals surface area (Å²) in [7, 11) is 0. The third kappa shape index (κ3) is 1.26. The van der Waals surface area contributed by atoms with Gasteiger partial charge in [-0.2, -0.15) is 0 Å². The summed E-state index contributed by atoms with van der Waals surface area (Å²) < 4.78 is 1.18. The molecule has 0 amide bonds. The number of aldehydes is 1. The third-order valence-electron chi connectivity index (χ3n) is 2.56. The molecular weight excluding hydrogens is 204 g/mol. The van der Waals surface area contributed by atoms with Crippen molar-refractivity contribution < 1.29 is 4.79 Å².